The Kier molecular flexibility index (Phi) is 4.00. The Hall–Kier alpha value is -2.30. The molecule has 0 heterocycles. The SMILES string of the molecule is NS(=O)(=O)c1ccccc1S(=O)(=O)c1ccc([N+](=O)[O-])cc1. The lowest BCUT2D eigenvalue weighted by atomic mass is 10.3. The van der Waals surface area contributed by atoms with Crippen LogP contribution in [0.3, 0.4) is 0 Å². The molecule has 0 unspecified atom stereocenters. The van der Waals surface area contributed by atoms with E-state index in [4.69, 9.17) is 5.14 Å². The fourth-order valence-corrected chi connectivity index (χ4v) is 4.41. The minimum absolute atomic E-state index is 0.269. The number of rotatable bonds is 4. The van der Waals surface area contributed by atoms with Crippen LogP contribution in [-0.4, -0.2) is 21.8 Å². The first-order valence-corrected chi connectivity index (χ1v) is 8.78. The summed E-state index contributed by atoms with van der Waals surface area (Å²) < 4.78 is 48.0. The Labute approximate surface area is 126 Å². The number of sulfone groups is 1. The van der Waals surface area contributed by atoms with E-state index in [1.807, 2.05) is 0 Å². The molecule has 0 aliphatic heterocycles. The number of hydrogen-bond donors (Lipinski definition) is 1. The predicted octanol–water partition coefficient (Wildman–Crippen LogP) is 1.08. The lowest BCUT2D eigenvalue weighted by Crippen LogP contribution is -2.16. The van der Waals surface area contributed by atoms with E-state index in [0.717, 1.165) is 36.4 Å². The van der Waals surface area contributed by atoms with Crippen molar-refractivity contribution in [3.8, 4) is 0 Å². The molecule has 116 valence electrons. The van der Waals surface area contributed by atoms with Gasteiger partial charge in [0, 0.05) is 12.1 Å². The van der Waals surface area contributed by atoms with Crippen LogP contribution in [0, 0.1) is 10.1 Å². The highest BCUT2D eigenvalue weighted by Gasteiger charge is 2.26. The van der Waals surface area contributed by atoms with Gasteiger partial charge in [0.2, 0.25) is 19.9 Å². The summed E-state index contributed by atoms with van der Waals surface area (Å²) in [6, 6.07) is 8.99. The minimum atomic E-state index is -4.23. The summed E-state index contributed by atoms with van der Waals surface area (Å²) in [5.74, 6) is 0. The quantitative estimate of drug-likeness (QED) is 0.651. The van der Waals surface area contributed by atoms with Crippen molar-refractivity contribution in [3.05, 3.63) is 58.6 Å². The topological polar surface area (TPSA) is 137 Å². The van der Waals surface area contributed by atoms with Crippen LogP contribution in [0.15, 0.2) is 63.2 Å². The molecule has 0 amide bonds. The van der Waals surface area contributed by atoms with Crippen LogP contribution in [-0.2, 0) is 19.9 Å². The van der Waals surface area contributed by atoms with Crippen LogP contribution in [0.2, 0.25) is 0 Å². The van der Waals surface area contributed by atoms with Crippen LogP contribution in [0.25, 0.3) is 0 Å². The van der Waals surface area contributed by atoms with Gasteiger partial charge in [0.05, 0.1) is 14.7 Å². The van der Waals surface area contributed by atoms with Crippen molar-refractivity contribution in [2.24, 2.45) is 5.14 Å². The van der Waals surface area contributed by atoms with E-state index in [-0.39, 0.29) is 10.6 Å². The lowest BCUT2D eigenvalue weighted by Gasteiger charge is -2.08. The molecular formula is C12H10N2O6S2. The molecule has 0 aliphatic rings. The van der Waals surface area contributed by atoms with Gasteiger partial charge < -0.3 is 0 Å². The van der Waals surface area contributed by atoms with Gasteiger partial charge in [-0.3, -0.25) is 10.1 Å². The van der Waals surface area contributed by atoms with Crippen molar-refractivity contribution in [2.75, 3.05) is 0 Å². The van der Waals surface area contributed by atoms with E-state index in [1.165, 1.54) is 12.1 Å². The van der Waals surface area contributed by atoms with Crippen molar-refractivity contribution >= 4 is 25.5 Å². The molecule has 0 radical (unpaired) electrons. The van der Waals surface area contributed by atoms with Gasteiger partial charge >= 0.3 is 0 Å². The number of nitro benzene ring substituents is 1. The number of nitrogens with zero attached hydrogens (tertiary/aromatic N) is 1. The Bertz CT molecular complexity index is 934. The third-order valence-corrected chi connectivity index (χ3v) is 5.73. The van der Waals surface area contributed by atoms with Crippen molar-refractivity contribution in [2.45, 2.75) is 14.7 Å². The highest BCUT2D eigenvalue weighted by Crippen LogP contribution is 2.27. The smallest absolute Gasteiger partial charge is 0.258 e. The molecule has 0 bridgehead atoms. The fraction of sp³-hybridized carbons (Fsp3) is 0. The number of non-ortho nitro benzene ring substituents is 1. The van der Waals surface area contributed by atoms with Crippen LogP contribution in [0.1, 0.15) is 0 Å². The highest BCUT2D eigenvalue weighted by atomic mass is 32.2. The summed E-state index contributed by atoms with van der Waals surface area (Å²) in [5.41, 5.74) is -0.279. The molecule has 22 heavy (non-hydrogen) atoms. The van der Waals surface area contributed by atoms with Crippen LogP contribution < -0.4 is 5.14 Å². The molecule has 0 saturated heterocycles. The Morgan fingerprint density at radius 3 is 1.82 bits per heavy atom. The highest BCUT2D eigenvalue weighted by molar-refractivity contribution is 7.93. The number of sulfonamides is 1. The van der Waals surface area contributed by atoms with E-state index in [1.54, 1.807) is 0 Å². The Morgan fingerprint density at radius 2 is 1.36 bits per heavy atom. The molecule has 0 aromatic heterocycles. The summed E-state index contributed by atoms with van der Waals surface area (Å²) in [7, 11) is -8.41. The van der Waals surface area contributed by atoms with Gasteiger partial charge in [0.15, 0.2) is 0 Å². The van der Waals surface area contributed by atoms with E-state index < -0.39 is 34.6 Å². The summed E-state index contributed by atoms with van der Waals surface area (Å²) >= 11 is 0. The summed E-state index contributed by atoms with van der Waals surface area (Å²) in [6.45, 7) is 0. The number of nitro groups is 1. The molecule has 2 N–H and O–H groups in total. The zero-order valence-electron chi connectivity index (χ0n) is 10.9. The van der Waals surface area contributed by atoms with Crippen LogP contribution in [0.5, 0.6) is 0 Å². The van der Waals surface area contributed by atoms with Crippen molar-refractivity contribution in [1.82, 2.24) is 0 Å². The van der Waals surface area contributed by atoms with E-state index >= 15 is 0 Å². The summed E-state index contributed by atoms with van der Waals surface area (Å²) in [5, 5.41) is 15.6. The van der Waals surface area contributed by atoms with Crippen molar-refractivity contribution in [3.63, 3.8) is 0 Å². The first-order chi connectivity index (χ1) is 10.1. The van der Waals surface area contributed by atoms with Gasteiger partial charge in [0.25, 0.3) is 5.69 Å². The molecule has 0 saturated carbocycles. The molecule has 2 aromatic rings. The standard InChI is InChI=1S/C12H10N2O6S2/c13-22(19,20)12-4-2-1-3-11(12)21(17,18)10-7-5-9(6-8-10)14(15)16/h1-8H,(H2,13,19,20). The fourth-order valence-electron chi connectivity index (χ4n) is 1.78. The first-order valence-electron chi connectivity index (χ1n) is 5.75. The average Bonchev–Trinajstić information content (AvgIpc) is 2.46. The minimum Gasteiger partial charge on any atom is -0.258 e. The molecule has 0 spiro atoms. The zero-order valence-corrected chi connectivity index (χ0v) is 12.5. The van der Waals surface area contributed by atoms with E-state index in [2.05, 4.69) is 0 Å². The zero-order chi connectivity index (χ0) is 16.5. The normalized spacial score (nSPS) is 12.0. The van der Waals surface area contributed by atoms with E-state index in [9.17, 15) is 26.9 Å². The number of nitrogens with two attached hydrogens (primary N) is 1. The van der Waals surface area contributed by atoms with Gasteiger partial charge in [-0.15, -0.1) is 0 Å². The molecule has 8 nitrogen and oxygen atoms in total. The maximum absolute atomic E-state index is 12.5. The van der Waals surface area contributed by atoms with Crippen LogP contribution >= 0.6 is 0 Å². The Balaban J connectivity index is 2.64. The second-order valence-corrected chi connectivity index (χ2v) is 7.69. The first kappa shape index (κ1) is 16.1. The Morgan fingerprint density at radius 1 is 0.864 bits per heavy atom. The number of benzene rings is 2. The average molecular weight is 342 g/mol. The van der Waals surface area contributed by atoms with Gasteiger partial charge in [-0.25, -0.2) is 22.0 Å². The maximum atomic E-state index is 12.5. The second kappa shape index (κ2) is 5.48. The van der Waals surface area contributed by atoms with Gasteiger partial charge in [-0.2, -0.15) is 0 Å². The van der Waals surface area contributed by atoms with Crippen LogP contribution in [0.4, 0.5) is 5.69 Å². The lowest BCUT2D eigenvalue weighted by molar-refractivity contribution is -0.384. The number of hydrogen-bond acceptors (Lipinski definition) is 6. The number of primary sulfonamides is 1. The maximum Gasteiger partial charge on any atom is 0.269 e. The van der Waals surface area contributed by atoms with Gasteiger partial charge in [-0.1, -0.05) is 12.1 Å². The van der Waals surface area contributed by atoms with Gasteiger partial charge in [0.1, 0.15) is 4.90 Å². The monoisotopic (exact) mass is 342 g/mol. The predicted molar refractivity (Wildman–Crippen MR) is 76.4 cm³/mol. The van der Waals surface area contributed by atoms with Crippen molar-refractivity contribution < 1.29 is 21.8 Å². The molecule has 2 rings (SSSR count). The molecular weight excluding hydrogens is 332 g/mol. The molecule has 2 aromatic carbocycles. The van der Waals surface area contributed by atoms with E-state index in [0.29, 0.717) is 0 Å². The molecule has 0 aliphatic carbocycles. The molecule has 0 fully saturated rings. The largest absolute Gasteiger partial charge is 0.269 e. The summed E-state index contributed by atoms with van der Waals surface area (Å²) in [4.78, 5) is 8.62. The van der Waals surface area contributed by atoms with Crippen molar-refractivity contribution in [1.29, 1.82) is 0 Å². The second-order valence-electron chi connectivity index (χ2n) is 4.25. The third kappa shape index (κ3) is 2.98. The van der Waals surface area contributed by atoms with Gasteiger partial charge in [-0.05, 0) is 24.3 Å². The molecule has 0 atom stereocenters. The molecule has 10 heteroatoms. The summed E-state index contributed by atoms with van der Waals surface area (Å²) in [6.07, 6.45) is 0. The third-order valence-electron chi connectivity index (χ3n) is 2.80.